The predicted molar refractivity (Wildman–Crippen MR) is 244 cm³/mol. The lowest BCUT2D eigenvalue weighted by Crippen LogP contribution is -2.54. The SMILES string of the molecule is N=C(/C(C(N)=O)=C1/NCC[C@@H](C2CCN(C(=O)CCCc3ccc(NC(=O)CNc4ccc5c(c4)C(=O)N(C4CCC(=O)NC4=O)C5=O)cc3)CC2)N1)c1ccc(Oc2ccccc2)cc1. The largest absolute Gasteiger partial charge is 0.457 e. The fraction of sp³-hybridized carbons (Fsp3) is 0.306. The summed E-state index contributed by atoms with van der Waals surface area (Å²) < 4.78 is 5.87. The highest BCUT2D eigenvalue weighted by molar-refractivity contribution is 6.27. The molecule has 66 heavy (non-hydrogen) atoms. The molecule has 0 aromatic heterocycles. The van der Waals surface area contributed by atoms with Gasteiger partial charge in [0, 0.05) is 55.5 Å². The maximum atomic E-state index is 13.2. The number of likely N-dealkylation sites (tertiary alicyclic amines) is 1. The van der Waals surface area contributed by atoms with E-state index >= 15 is 0 Å². The van der Waals surface area contributed by atoms with Crippen LogP contribution in [0, 0.1) is 11.3 Å². The molecule has 3 fully saturated rings. The number of hydrogen-bond acceptors (Lipinski definition) is 12. The van der Waals surface area contributed by atoms with Crippen LogP contribution in [-0.2, 0) is 30.4 Å². The zero-order valence-corrected chi connectivity index (χ0v) is 36.2. The third-order valence-electron chi connectivity index (χ3n) is 12.4. The van der Waals surface area contributed by atoms with Gasteiger partial charge in [-0.1, -0.05) is 30.3 Å². The summed E-state index contributed by atoms with van der Waals surface area (Å²) in [5.41, 5.74) is 8.80. The number of rotatable bonds is 15. The van der Waals surface area contributed by atoms with Crippen LogP contribution in [0.1, 0.15) is 76.8 Å². The molecular weight excluding hydrogens is 843 g/mol. The van der Waals surface area contributed by atoms with Crippen LogP contribution in [0.25, 0.3) is 0 Å². The van der Waals surface area contributed by atoms with Crippen molar-refractivity contribution in [1.29, 1.82) is 5.41 Å². The van der Waals surface area contributed by atoms with Gasteiger partial charge in [-0.2, -0.15) is 0 Å². The lowest BCUT2D eigenvalue weighted by molar-refractivity contribution is -0.136. The molecule has 0 saturated carbocycles. The zero-order chi connectivity index (χ0) is 46.3. The third kappa shape index (κ3) is 10.3. The Kier molecular flexibility index (Phi) is 13.5. The Balaban J connectivity index is 0.752. The van der Waals surface area contributed by atoms with Crippen molar-refractivity contribution >= 4 is 58.4 Å². The Morgan fingerprint density at radius 2 is 1.50 bits per heavy atom. The van der Waals surface area contributed by atoms with Crippen molar-refractivity contribution < 1.29 is 38.3 Å². The number of fused-ring (bicyclic) bond motifs is 1. The number of ether oxygens (including phenoxy) is 1. The maximum absolute atomic E-state index is 13.2. The number of imide groups is 2. The van der Waals surface area contributed by atoms with Crippen molar-refractivity contribution in [2.75, 3.05) is 36.8 Å². The Labute approximate surface area is 381 Å². The number of hydrogen-bond donors (Lipinski definition) is 7. The highest BCUT2D eigenvalue weighted by Crippen LogP contribution is 2.30. The number of nitrogens with zero attached hydrogens (tertiary/aromatic N) is 2. The molecule has 3 saturated heterocycles. The summed E-state index contributed by atoms with van der Waals surface area (Å²) >= 11 is 0. The van der Waals surface area contributed by atoms with Gasteiger partial charge in [0.15, 0.2) is 0 Å². The van der Waals surface area contributed by atoms with Crippen LogP contribution in [0.15, 0.2) is 108 Å². The molecule has 0 spiro atoms. The van der Waals surface area contributed by atoms with Crippen LogP contribution in [0.3, 0.4) is 0 Å². The van der Waals surface area contributed by atoms with Crippen LogP contribution in [-0.4, -0.2) is 95.1 Å². The lowest BCUT2D eigenvalue weighted by Gasteiger charge is -2.39. The summed E-state index contributed by atoms with van der Waals surface area (Å²) in [6.45, 7) is 1.78. The summed E-state index contributed by atoms with van der Waals surface area (Å²) in [5, 5.41) is 23.6. The van der Waals surface area contributed by atoms with Crippen molar-refractivity contribution in [2.45, 2.75) is 63.5 Å². The standard InChI is InChI=1S/C49H51N9O8/c50-44(31-11-16-35(17-12-31)66-34-6-2-1-3-7-34)43(45(51)62)46-52-24-21-38(55-46)30-22-25-57(26-23-30)42(61)8-4-5-29-9-13-32(14-10-29)54-41(60)28-53-33-15-18-36-37(27-33)49(65)58(48(36)64)39-19-20-40(59)56-47(39)63/h1-3,6-7,9-18,27,30,38-39,50,52-53,55H,4-5,8,19-26,28H2,(H2,51,62)(H,54,60)(H,56,59,63)/b46-43+,50-44?/t38-,39?/m0/s1. The summed E-state index contributed by atoms with van der Waals surface area (Å²) in [6, 6.07) is 27.3. The van der Waals surface area contributed by atoms with Crippen molar-refractivity contribution in [1.82, 2.24) is 25.8 Å². The average Bonchev–Trinajstić information content (AvgIpc) is 3.57. The van der Waals surface area contributed by atoms with Gasteiger partial charge in [-0.05, 0) is 117 Å². The van der Waals surface area contributed by atoms with Gasteiger partial charge in [0.25, 0.3) is 17.7 Å². The first-order valence-electron chi connectivity index (χ1n) is 22.1. The number of nitrogens with two attached hydrogens (primary N) is 1. The second-order valence-corrected chi connectivity index (χ2v) is 16.8. The molecule has 7 amide bonds. The molecule has 4 aromatic rings. The van der Waals surface area contributed by atoms with Gasteiger partial charge in [-0.3, -0.25) is 49.2 Å². The zero-order valence-electron chi connectivity index (χ0n) is 36.2. The first-order valence-corrected chi connectivity index (χ1v) is 22.1. The van der Waals surface area contributed by atoms with Crippen molar-refractivity contribution in [3.63, 3.8) is 0 Å². The molecule has 1 unspecified atom stereocenters. The van der Waals surface area contributed by atoms with Gasteiger partial charge in [0.2, 0.25) is 23.6 Å². The fourth-order valence-corrected chi connectivity index (χ4v) is 8.88. The Hall–Kier alpha value is -7.82. The van der Waals surface area contributed by atoms with E-state index in [1.807, 2.05) is 47.4 Å². The van der Waals surface area contributed by atoms with Gasteiger partial charge < -0.3 is 36.6 Å². The first kappa shape index (κ1) is 44.8. The van der Waals surface area contributed by atoms with E-state index in [1.54, 1.807) is 42.5 Å². The maximum Gasteiger partial charge on any atom is 0.262 e. The van der Waals surface area contributed by atoms with E-state index < -0.39 is 35.6 Å². The van der Waals surface area contributed by atoms with Crippen LogP contribution in [0.4, 0.5) is 11.4 Å². The number of benzene rings is 4. The molecule has 17 heteroatoms. The Bertz CT molecular complexity index is 2590. The number of carbonyl (C=O) groups excluding carboxylic acids is 7. The van der Waals surface area contributed by atoms with Crippen molar-refractivity contribution in [3.8, 4) is 11.5 Å². The van der Waals surface area contributed by atoms with Crippen molar-refractivity contribution in [2.24, 2.45) is 11.7 Å². The predicted octanol–water partition coefficient (Wildman–Crippen LogP) is 4.21. The van der Waals surface area contributed by atoms with Gasteiger partial charge >= 0.3 is 0 Å². The highest BCUT2D eigenvalue weighted by Gasteiger charge is 2.44. The van der Waals surface area contributed by atoms with Crippen LogP contribution in [0.5, 0.6) is 11.5 Å². The van der Waals surface area contributed by atoms with E-state index in [-0.39, 0.29) is 65.6 Å². The Morgan fingerprint density at radius 3 is 2.21 bits per heavy atom. The number of piperidine rings is 2. The molecular formula is C49H51N9O8. The second kappa shape index (κ2) is 19.9. The minimum absolute atomic E-state index is 0.0101. The second-order valence-electron chi connectivity index (χ2n) is 16.8. The average molecular weight is 894 g/mol. The number of amides is 7. The van der Waals surface area contributed by atoms with E-state index in [2.05, 4.69) is 26.6 Å². The van der Waals surface area contributed by atoms with E-state index in [4.69, 9.17) is 15.9 Å². The van der Waals surface area contributed by atoms with Gasteiger partial charge in [0.05, 0.1) is 23.4 Å². The molecule has 4 aromatic carbocycles. The Morgan fingerprint density at radius 1 is 0.803 bits per heavy atom. The van der Waals surface area contributed by atoms with Gasteiger partial charge in [0.1, 0.15) is 28.9 Å². The fourth-order valence-electron chi connectivity index (χ4n) is 8.88. The monoisotopic (exact) mass is 893 g/mol. The van der Waals surface area contributed by atoms with Crippen molar-refractivity contribution in [3.05, 3.63) is 131 Å². The molecule has 0 radical (unpaired) electrons. The lowest BCUT2D eigenvalue weighted by atomic mass is 9.86. The summed E-state index contributed by atoms with van der Waals surface area (Å²) in [6.07, 6.45) is 4.30. The number of aryl methyl sites for hydroxylation is 1. The first-order chi connectivity index (χ1) is 31.9. The van der Waals surface area contributed by atoms with Gasteiger partial charge in [-0.15, -0.1) is 0 Å². The third-order valence-corrected chi connectivity index (χ3v) is 12.4. The molecule has 0 bridgehead atoms. The summed E-state index contributed by atoms with van der Waals surface area (Å²) in [7, 11) is 0. The van der Waals surface area contributed by atoms with Crippen LogP contribution in [0.2, 0.25) is 0 Å². The summed E-state index contributed by atoms with van der Waals surface area (Å²) in [5.74, 6) is -1.26. The number of anilines is 2. The molecule has 8 rings (SSSR count). The molecule has 0 aliphatic carbocycles. The van der Waals surface area contributed by atoms with E-state index in [0.29, 0.717) is 73.2 Å². The minimum Gasteiger partial charge on any atom is -0.457 e. The normalized spacial score (nSPS) is 19.2. The van der Waals surface area contributed by atoms with Gasteiger partial charge in [-0.25, -0.2) is 0 Å². The minimum atomic E-state index is -1.06. The number of carbonyl (C=O) groups is 7. The van der Waals surface area contributed by atoms with Crippen LogP contribution >= 0.6 is 0 Å². The highest BCUT2D eigenvalue weighted by atomic mass is 16.5. The molecule has 8 N–H and O–H groups in total. The molecule has 4 aliphatic rings. The number of nitrogens with one attached hydrogen (secondary N) is 6. The van der Waals surface area contributed by atoms with E-state index in [1.165, 1.54) is 12.1 Å². The quantitative estimate of drug-likeness (QED) is 0.0506. The topological polar surface area (TPSA) is 245 Å². The smallest absolute Gasteiger partial charge is 0.262 e. The van der Waals surface area contributed by atoms with E-state index in [0.717, 1.165) is 29.7 Å². The number of para-hydroxylation sites is 1. The number of primary amides is 1. The molecule has 340 valence electrons. The molecule has 4 heterocycles. The van der Waals surface area contributed by atoms with E-state index in [9.17, 15) is 33.6 Å². The molecule has 17 nitrogen and oxygen atoms in total. The molecule has 4 aliphatic heterocycles. The summed E-state index contributed by atoms with van der Waals surface area (Å²) in [4.78, 5) is 91.6. The van der Waals surface area contributed by atoms with Crippen LogP contribution < -0.4 is 37.1 Å². The molecule has 2 atom stereocenters.